The van der Waals surface area contributed by atoms with Gasteiger partial charge in [0, 0.05) is 11.6 Å². The van der Waals surface area contributed by atoms with Gasteiger partial charge in [0.2, 0.25) is 5.91 Å². The van der Waals surface area contributed by atoms with E-state index >= 15 is 0 Å². The van der Waals surface area contributed by atoms with Gasteiger partial charge in [-0.3, -0.25) is 13.9 Å². The second-order valence-corrected chi connectivity index (χ2v) is 10.7. The van der Waals surface area contributed by atoms with Crippen LogP contribution in [0.2, 0.25) is 5.02 Å². The SMILES string of the molecule is O=C(CN(c1ccccc1)S(=O)(=O)c1ccc(Cl)cc1)Nc1ccccc1C(=O)NCCc1ccccc1. The lowest BCUT2D eigenvalue weighted by atomic mass is 10.1. The zero-order valence-corrected chi connectivity index (χ0v) is 22.0. The molecule has 4 aromatic carbocycles. The molecule has 4 aromatic rings. The van der Waals surface area contributed by atoms with Crippen molar-refractivity contribution in [2.24, 2.45) is 0 Å². The number of carbonyl (C=O) groups excluding carboxylic acids is 2. The maximum Gasteiger partial charge on any atom is 0.264 e. The highest BCUT2D eigenvalue weighted by atomic mass is 35.5. The van der Waals surface area contributed by atoms with Crippen LogP contribution >= 0.6 is 11.6 Å². The first kappa shape index (κ1) is 26.9. The summed E-state index contributed by atoms with van der Waals surface area (Å²) in [6.45, 7) is -0.0782. The molecule has 0 aliphatic carbocycles. The monoisotopic (exact) mass is 547 g/mol. The minimum absolute atomic E-state index is 0.00301. The van der Waals surface area contributed by atoms with Crippen LogP contribution in [0.5, 0.6) is 0 Å². The fraction of sp³-hybridized carbons (Fsp3) is 0.103. The van der Waals surface area contributed by atoms with Crippen LogP contribution in [0.4, 0.5) is 11.4 Å². The number of nitrogens with one attached hydrogen (secondary N) is 2. The Balaban J connectivity index is 1.50. The number of rotatable bonds is 10. The van der Waals surface area contributed by atoms with Gasteiger partial charge in [0.05, 0.1) is 21.8 Å². The Bertz CT molecular complexity index is 1500. The molecule has 0 aromatic heterocycles. The number of para-hydroxylation sites is 2. The van der Waals surface area contributed by atoms with Gasteiger partial charge < -0.3 is 10.6 Å². The van der Waals surface area contributed by atoms with Crippen LogP contribution in [0.15, 0.2) is 114 Å². The van der Waals surface area contributed by atoms with Crippen LogP contribution in [-0.4, -0.2) is 33.3 Å². The number of hydrogen-bond donors (Lipinski definition) is 2. The quantitative estimate of drug-likeness (QED) is 0.287. The zero-order valence-electron chi connectivity index (χ0n) is 20.4. The van der Waals surface area contributed by atoms with E-state index in [1.165, 1.54) is 24.3 Å². The first-order chi connectivity index (χ1) is 18.3. The molecule has 2 N–H and O–H groups in total. The van der Waals surface area contributed by atoms with Gasteiger partial charge in [-0.25, -0.2) is 8.42 Å². The van der Waals surface area contributed by atoms with Crippen molar-refractivity contribution < 1.29 is 18.0 Å². The molecule has 38 heavy (non-hydrogen) atoms. The maximum atomic E-state index is 13.5. The van der Waals surface area contributed by atoms with Crippen molar-refractivity contribution in [2.75, 3.05) is 22.7 Å². The summed E-state index contributed by atoms with van der Waals surface area (Å²) in [5.41, 5.74) is 1.98. The van der Waals surface area contributed by atoms with Gasteiger partial charge in [-0.1, -0.05) is 72.3 Å². The topological polar surface area (TPSA) is 95.6 Å². The summed E-state index contributed by atoms with van der Waals surface area (Å²) >= 11 is 5.93. The van der Waals surface area contributed by atoms with Gasteiger partial charge in [-0.2, -0.15) is 0 Å². The fourth-order valence-corrected chi connectivity index (χ4v) is 5.36. The van der Waals surface area contributed by atoms with Crippen LogP contribution < -0.4 is 14.9 Å². The van der Waals surface area contributed by atoms with Crippen LogP contribution in [0, 0.1) is 0 Å². The van der Waals surface area contributed by atoms with E-state index in [2.05, 4.69) is 10.6 Å². The average Bonchev–Trinajstić information content (AvgIpc) is 2.93. The molecular formula is C29H26ClN3O4S. The van der Waals surface area contributed by atoms with Gasteiger partial charge >= 0.3 is 0 Å². The normalized spacial score (nSPS) is 11.0. The van der Waals surface area contributed by atoms with Gasteiger partial charge in [0.25, 0.3) is 15.9 Å². The van der Waals surface area contributed by atoms with E-state index in [9.17, 15) is 18.0 Å². The van der Waals surface area contributed by atoms with Gasteiger partial charge in [0.1, 0.15) is 6.54 Å². The minimum Gasteiger partial charge on any atom is -0.352 e. The van der Waals surface area contributed by atoms with E-state index in [1.807, 2.05) is 30.3 Å². The van der Waals surface area contributed by atoms with Crippen molar-refractivity contribution in [2.45, 2.75) is 11.3 Å². The predicted molar refractivity (Wildman–Crippen MR) is 150 cm³/mol. The number of halogens is 1. The number of benzene rings is 4. The molecule has 7 nitrogen and oxygen atoms in total. The number of carbonyl (C=O) groups is 2. The van der Waals surface area contributed by atoms with Crippen molar-refractivity contribution in [3.8, 4) is 0 Å². The summed E-state index contributed by atoms with van der Waals surface area (Å²) in [4.78, 5) is 26.0. The van der Waals surface area contributed by atoms with Crippen molar-refractivity contribution in [3.63, 3.8) is 0 Å². The predicted octanol–water partition coefficient (Wildman–Crippen LogP) is 5.15. The van der Waals surface area contributed by atoms with Crippen molar-refractivity contribution >= 4 is 44.8 Å². The third kappa shape index (κ3) is 6.79. The Hall–Kier alpha value is -4.14. The maximum absolute atomic E-state index is 13.5. The molecule has 0 spiro atoms. The Labute approximate surface area is 227 Å². The lowest BCUT2D eigenvalue weighted by Gasteiger charge is -2.24. The summed E-state index contributed by atoms with van der Waals surface area (Å²) in [5, 5.41) is 5.97. The first-order valence-corrected chi connectivity index (χ1v) is 13.7. The highest BCUT2D eigenvalue weighted by Crippen LogP contribution is 2.25. The first-order valence-electron chi connectivity index (χ1n) is 11.9. The molecule has 0 unspecified atom stereocenters. The Kier molecular flexibility index (Phi) is 8.78. The van der Waals surface area contributed by atoms with Gasteiger partial charge in [-0.15, -0.1) is 0 Å². The Morgan fingerprint density at radius 3 is 2.05 bits per heavy atom. The van der Waals surface area contributed by atoms with Gasteiger partial charge in [-0.05, 0) is 60.5 Å². The molecule has 9 heteroatoms. The molecule has 0 saturated heterocycles. The number of anilines is 2. The smallest absolute Gasteiger partial charge is 0.264 e. The van der Waals surface area contributed by atoms with E-state index in [1.54, 1.807) is 54.6 Å². The van der Waals surface area contributed by atoms with Crippen molar-refractivity contribution in [1.82, 2.24) is 5.32 Å². The van der Waals surface area contributed by atoms with Crippen LogP contribution in [0.25, 0.3) is 0 Å². The van der Waals surface area contributed by atoms with E-state index < -0.39 is 22.5 Å². The van der Waals surface area contributed by atoms with E-state index in [0.717, 1.165) is 9.87 Å². The molecule has 0 heterocycles. The summed E-state index contributed by atoms with van der Waals surface area (Å²) in [5.74, 6) is -0.943. The fourth-order valence-electron chi connectivity index (χ4n) is 3.81. The number of amides is 2. The molecule has 4 rings (SSSR count). The summed E-state index contributed by atoms with van der Waals surface area (Å²) < 4.78 is 28.0. The van der Waals surface area contributed by atoms with Crippen LogP contribution in [-0.2, 0) is 21.2 Å². The van der Waals surface area contributed by atoms with E-state index in [4.69, 9.17) is 11.6 Å². The average molecular weight is 548 g/mol. The highest BCUT2D eigenvalue weighted by molar-refractivity contribution is 7.92. The van der Waals surface area contributed by atoms with Crippen LogP contribution in [0.1, 0.15) is 15.9 Å². The largest absolute Gasteiger partial charge is 0.352 e. The van der Waals surface area contributed by atoms with Crippen LogP contribution in [0.3, 0.4) is 0 Å². The summed E-state index contributed by atoms with van der Waals surface area (Å²) in [7, 11) is -4.09. The van der Waals surface area contributed by atoms with Crippen molar-refractivity contribution in [1.29, 1.82) is 0 Å². The van der Waals surface area contributed by atoms with Crippen molar-refractivity contribution in [3.05, 3.63) is 125 Å². The highest BCUT2D eigenvalue weighted by Gasteiger charge is 2.27. The zero-order chi connectivity index (χ0) is 27.0. The lowest BCUT2D eigenvalue weighted by molar-refractivity contribution is -0.114. The second-order valence-electron chi connectivity index (χ2n) is 8.39. The summed E-state index contributed by atoms with van der Waals surface area (Å²) in [6, 6.07) is 30.4. The molecule has 0 aliphatic heterocycles. The molecule has 0 fully saturated rings. The molecule has 0 aliphatic rings. The molecular weight excluding hydrogens is 522 g/mol. The number of hydrogen-bond acceptors (Lipinski definition) is 4. The Morgan fingerprint density at radius 2 is 1.37 bits per heavy atom. The third-order valence-corrected chi connectivity index (χ3v) is 7.76. The minimum atomic E-state index is -4.09. The molecule has 2 amide bonds. The van der Waals surface area contributed by atoms with E-state index in [0.29, 0.717) is 23.7 Å². The summed E-state index contributed by atoms with van der Waals surface area (Å²) in [6.07, 6.45) is 0.662. The standard InChI is InChI=1S/C29H26ClN3O4S/c30-23-15-17-25(18-16-23)38(36,37)33(24-11-5-2-6-12-24)21-28(34)32-27-14-8-7-13-26(27)29(35)31-20-19-22-9-3-1-4-10-22/h1-18H,19-21H2,(H,31,35)(H,32,34). The number of sulfonamides is 1. The van der Waals surface area contributed by atoms with E-state index in [-0.39, 0.29) is 22.1 Å². The number of nitrogens with zero attached hydrogens (tertiary/aromatic N) is 1. The van der Waals surface area contributed by atoms with Gasteiger partial charge in [0.15, 0.2) is 0 Å². The molecule has 0 radical (unpaired) electrons. The molecule has 194 valence electrons. The Morgan fingerprint density at radius 1 is 0.763 bits per heavy atom. The lowest BCUT2D eigenvalue weighted by Crippen LogP contribution is -2.38. The second kappa shape index (κ2) is 12.4. The molecule has 0 atom stereocenters. The third-order valence-electron chi connectivity index (χ3n) is 5.72. The molecule has 0 saturated carbocycles. The molecule has 0 bridgehead atoms.